The summed E-state index contributed by atoms with van der Waals surface area (Å²) < 4.78 is 35.2. The highest BCUT2D eigenvalue weighted by Crippen LogP contribution is 2.37. The van der Waals surface area contributed by atoms with Gasteiger partial charge in [-0.3, -0.25) is 4.79 Å². The minimum Gasteiger partial charge on any atom is -0.493 e. The summed E-state index contributed by atoms with van der Waals surface area (Å²) in [7, 11) is -1.83. The monoisotopic (exact) mass is 405 g/mol. The number of nitrogens with two attached hydrogens (primary N) is 1. The summed E-state index contributed by atoms with van der Waals surface area (Å²) in [5, 5.41) is 0. The molecule has 0 radical (unpaired) electrons. The molecule has 1 aliphatic heterocycles. The minimum atomic E-state index is -3.37. The first kappa shape index (κ1) is 20.0. The number of hydrogen-bond donors (Lipinski definition) is 1. The van der Waals surface area contributed by atoms with Crippen molar-refractivity contribution in [2.75, 3.05) is 31.5 Å². The first-order chi connectivity index (χ1) is 13.2. The lowest BCUT2D eigenvalue weighted by atomic mass is 10.1. The molecular weight excluding hydrogens is 381 g/mol. The second-order valence-corrected chi connectivity index (χ2v) is 8.95. The highest BCUT2D eigenvalue weighted by Gasteiger charge is 2.36. The first-order valence-corrected chi connectivity index (χ1v) is 11.0. The number of carbonyl (C=O) groups is 1. The molecule has 1 amide bonds. The van der Waals surface area contributed by atoms with Crippen molar-refractivity contribution >= 4 is 21.4 Å². The first-order valence-electron chi connectivity index (χ1n) is 8.92. The van der Waals surface area contributed by atoms with Crippen LogP contribution in [0.2, 0.25) is 0 Å². The molecule has 0 aliphatic carbocycles. The standard InChI is InChI=1S/C20H24N2O5S/c1-4-27-18-10-13(8-9-17(18)26-2)16(12-28(3,24)25)22-11-14-6-5-7-15(21)19(14)20(22)23/h5-10,16H,4,11-12,21H2,1-3H3/t16-/m1/s1/i22+1. The normalized spacial score (nSPS) is 14.7. The van der Waals surface area contributed by atoms with Gasteiger partial charge in [-0.2, -0.15) is 0 Å². The predicted octanol–water partition coefficient (Wildman–Crippen LogP) is 2.42. The van der Waals surface area contributed by atoms with E-state index in [1.54, 1.807) is 35.2 Å². The van der Waals surface area contributed by atoms with Gasteiger partial charge in [-0.1, -0.05) is 18.2 Å². The Kier molecular flexibility index (Phi) is 5.51. The third-order valence-electron chi connectivity index (χ3n) is 4.71. The molecule has 0 unspecified atom stereocenters. The lowest BCUT2D eigenvalue weighted by Gasteiger charge is -2.28. The molecule has 7 nitrogen and oxygen atoms in total. The van der Waals surface area contributed by atoms with Crippen molar-refractivity contribution in [2.45, 2.75) is 19.5 Å². The van der Waals surface area contributed by atoms with E-state index >= 15 is 0 Å². The molecule has 2 N–H and O–H groups in total. The molecular formula is C20H24N2O5S. The number of anilines is 1. The molecule has 2 aromatic carbocycles. The van der Waals surface area contributed by atoms with Gasteiger partial charge in [-0.15, -0.1) is 0 Å². The molecule has 1 atom stereocenters. The van der Waals surface area contributed by atoms with Gasteiger partial charge in [0.15, 0.2) is 11.5 Å². The van der Waals surface area contributed by atoms with E-state index in [2.05, 4.69) is 0 Å². The molecule has 0 spiro atoms. The van der Waals surface area contributed by atoms with Crippen LogP contribution >= 0.6 is 0 Å². The fourth-order valence-electron chi connectivity index (χ4n) is 3.49. The summed E-state index contributed by atoms with van der Waals surface area (Å²) in [6.45, 7) is 2.58. The fourth-order valence-corrected chi connectivity index (χ4v) is 4.43. The van der Waals surface area contributed by atoms with Crippen LogP contribution in [0.3, 0.4) is 0 Å². The molecule has 150 valence electrons. The van der Waals surface area contributed by atoms with E-state index < -0.39 is 15.9 Å². The number of benzene rings is 2. The summed E-state index contributed by atoms with van der Waals surface area (Å²) in [5.74, 6) is 0.578. The Morgan fingerprint density at radius 1 is 1.21 bits per heavy atom. The number of methoxy groups -OCH3 is 1. The molecule has 0 bridgehead atoms. The van der Waals surface area contributed by atoms with Crippen LogP contribution in [0.5, 0.6) is 11.5 Å². The molecule has 8 heteroatoms. The van der Waals surface area contributed by atoms with Crippen molar-refractivity contribution in [1.82, 2.24) is 4.90 Å². The number of amides is 1. The minimum absolute atomic E-state index is 0.204. The van der Waals surface area contributed by atoms with Gasteiger partial charge in [0.25, 0.3) is 5.91 Å². The second kappa shape index (κ2) is 7.71. The number of rotatable bonds is 7. The molecule has 0 fully saturated rings. The number of nitrogen functional groups attached to an aromatic ring is 1. The van der Waals surface area contributed by atoms with Gasteiger partial charge in [0, 0.05) is 18.5 Å². The average Bonchev–Trinajstić information content (AvgIpc) is 2.97. The number of carbonyl (C=O) groups excluding carboxylic acids is 1. The zero-order valence-electron chi connectivity index (χ0n) is 16.1. The van der Waals surface area contributed by atoms with Gasteiger partial charge < -0.3 is 20.1 Å². The third-order valence-corrected chi connectivity index (χ3v) is 5.63. The van der Waals surface area contributed by atoms with Gasteiger partial charge in [-0.05, 0) is 36.2 Å². The Hall–Kier alpha value is -2.74. The van der Waals surface area contributed by atoms with Crippen LogP contribution < -0.4 is 15.2 Å². The highest BCUT2D eigenvalue weighted by atomic mass is 32.2. The van der Waals surface area contributed by atoms with Crippen molar-refractivity contribution in [3.05, 3.63) is 53.1 Å². The van der Waals surface area contributed by atoms with Gasteiger partial charge in [0.1, 0.15) is 9.84 Å². The van der Waals surface area contributed by atoms with Crippen LogP contribution in [-0.2, 0) is 16.4 Å². The van der Waals surface area contributed by atoms with Gasteiger partial charge in [0.05, 0.1) is 31.1 Å². The lowest BCUT2D eigenvalue weighted by Crippen LogP contribution is -2.33. The summed E-state index contributed by atoms with van der Waals surface area (Å²) >= 11 is 0. The van der Waals surface area contributed by atoms with Gasteiger partial charge in [-0.25, -0.2) is 8.42 Å². The topological polar surface area (TPSA) is 98.9 Å². The van der Waals surface area contributed by atoms with Crippen LogP contribution in [-0.4, -0.2) is 45.0 Å². The zero-order chi connectivity index (χ0) is 20.5. The molecule has 1 aliphatic rings. The number of ether oxygens (including phenoxy) is 2. The van der Waals surface area contributed by atoms with E-state index in [1.165, 1.54) is 7.11 Å². The molecule has 0 saturated heterocycles. The summed E-state index contributed by atoms with van der Waals surface area (Å²) in [4.78, 5) is 14.6. The lowest BCUT2D eigenvalue weighted by molar-refractivity contribution is 0.0719. The van der Waals surface area contributed by atoms with E-state index in [1.807, 2.05) is 13.0 Å². The largest absolute Gasteiger partial charge is 0.493 e. The maximum Gasteiger partial charge on any atom is 0.257 e. The molecule has 3 rings (SSSR count). The zero-order valence-corrected chi connectivity index (χ0v) is 17.0. The molecule has 2 aromatic rings. The maximum atomic E-state index is 13.0. The van der Waals surface area contributed by atoms with E-state index in [9.17, 15) is 13.2 Å². The molecule has 0 aromatic heterocycles. The second-order valence-electron chi connectivity index (χ2n) is 6.77. The van der Waals surface area contributed by atoms with Crippen LogP contribution in [0.4, 0.5) is 5.69 Å². The number of sulfone groups is 1. The Morgan fingerprint density at radius 3 is 2.57 bits per heavy atom. The van der Waals surface area contributed by atoms with Crippen LogP contribution in [0.25, 0.3) is 0 Å². The Labute approximate surface area is 165 Å². The average molecular weight is 405 g/mol. The molecule has 1 heterocycles. The van der Waals surface area contributed by atoms with E-state index in [4.69, 9.17) is 15.2 Å². The molecule has 0 saturated carbocycles. The smallest absolute Gasteiger partial charge is 0.257 e. The summed E-state index contributed by atoms with van der Waals surface area (Å²) in [6, 6.07) is 9.84. The van der Waals surface area contributed by atoms with E-state index in [0.29, 0.717) is 41.5 Å². The van der Waals surface area contributed by atoms with Gasteiger partial charge in [0.2, 0.25) is 0 Å². The highest BCUT2D eigenvalue weighted by molar-refractivity contribution is 7.90. The SMILES string of the molecule is CCOc1cc([C@@H](CS(C)(=O)=O)[15N]2Cc3cccc(N)c3C2=O)ccc1OC. The van der Waals surface area contributed by atoms with Crippen LogP contribution in [0, 0.1) is 0 Å². The van der Waals surface area contributed by atoms with Crippen LogP contribution in [0.15, 0.2) is 36.4 Å². The predicted molar refractivity (Wildman–Crippen MR) is 107 cm³/mol. The van der Waals surface area contributed by atoms with Crippen molar-refractivity contribution < 1.29 is 22.7 Å². The van der Waals surface area contributed by atoms with Crippen molar-refractivity contribution in [2.24, 2.45) is 0 Å². The van der Waals surface area contributed by atoms with Crippen LogP contribution in [0.1, 0.15) is 34.5 Å². The Morgan fingerprint density at radius 2 is 1.96 bits per heavy atom. The van der Waals surface area contributed by atoms with E-state index in [0.717, 1.165) is 11.8 Å². The van der Waals surface area contributed by atoms with Crippen molar-refractivity contribution in [3.8, 4) is 11.5 Å². The number of fused-ring (bicyclic) bond motifs is 1. The fraction of sp³-hybridized carbons (Fsp3) is 0.350. The van der Waals surface area contributed by atoms with Gasteiger partial charge >= 0.3 is 0 Å². The maximum absolute atomic E-state index is 13.0. The van der Waals surface area contributed by atoms with Crippen molar-refractivity contribution in [1.29, 1.82) is 0 Å². The van der Waals surface area contributed by atoms with E-state index in [-0.39, 0.29) is 11.7 Å². The summed E-state index contributed by atoms with van der Waals surface area (Å²) in [5.41, 5.74) is 8.29. The quantitative estimate of drug-likeness (QED) is 0.561. The van der Waals surface area contributed by atoms with Crippen molar-refractivity contribution in [3.63, 3.8) is 0 Å². The molecule has 28 heavy (non-hydrogen) atoms. The Bertz CT molecular complexity index is 1000. The number of hydrogen-bond acceptors (Lipinski definition) is 6. The Balaban J connectivity index is 2.05. The number of nitrogens with zero attached hydrogens (tertiary/aromatic N) is 1. The summed E-state index contributed by atoms with van der Waals surface area (Å²) in [6.07, 6.45) is 1.16. The third kappa shape index (κ3) is 3.91.